The van der Waals surface area contributed by atoms with Crippen LogP contribution in [0.4, 0.5) is 0 Å². The summed E-state index contributed by atoms with van der Waals surface area (Å²) in [5, 5.41) is 9.39. The van der Waals surface area contributed by atoms with Crippen molar-refractivity contribution in [1.29, 1.82) is 0 Å². The molecule has 0 amide bonds. The van der Waals surface area contributed by atoms with Crippen LogP contribution in [0, 0.1) is 0 Å². The predicted octanol–water partition coefficient (Wildman–Crippen LogP) is 4.48. The average Bonchev–Trinajstić information content (AvgIpc) is 2.64. The third-order valence-corrected chi connectivity index (χ3v) is 11.0. The molecule has 9 heteroatoms. The van der Waals surface area contributed by atoms with Gasteiger partial charge in [-0.1, -0.05) is 35.6 Å². The van der Waals surface area contributed by atoms with E-state index in [2.05, 4.69) is 33.9 Å². The smallest absolute Gasteiger partial charge is 0.308 e. The van der Waals surface area contributed by atoms with Crippen LogP contribution in [-0.2, 0) is 33.0 Å². The van der Waals surface area contributed by atoms with Crippen molar-refractivity contribution in [1.82, 2.24) is 0 Å². The maximum Gasteiger partial charge on any atom is 0.308 e. The van der Waals surface area contributed by atoms with Gasteiger partial charge in [0.2, 0.25) is 0 Å². The third-order valence-electron chi connectivity index (χ3n) is 6.42. The monoisotopic (exact) mass is 494 g/mol. The third kappa shape index (κ3) is 10.9. The lowest BCUT2D eigenvalue weighted by atomic mass is 10.0. The standard InChI is InChI=1S/C14H28O4Si.C8H14O4.2CH4/c1-10(16-5)12-8-11(9-13(15)17-12)18-19(6,7)14(2,3)4;1-5(11-2)7-3-6(9)4-8(10)12-7;;/h10-12H,8-9H2,1-7H3;5-7,9H,3-4H2,1-2H3;2*1H4/t10?,11-,12+;5?,6-,7+;;/m11../s1. The molecule has 0 spiro atoms. The van der Waals surface area contributed by atoms with Gasteiger partial charge in [0, 0.05) is 27.1 Å². The SMILES string of the molecule is C.C.COC(C)[C@@H]1C[C@@H](O)CC(=O)O1.COC(C)[C@@H]1C[C@@H](O[Si](C)(C)C(C)(C)C)CC(=O)O1. The number of methoxy groups -OCH3 is 2. The van der Waals surface area contributed by atoms with Crippen molar-refractivity contribution in [3.63, 3.8) is 0 Å². The van der Waals surface area contributed by atoms with Crippen LogP contribution in [0.2, 0.25) is 18.1 Å². The molecule has 1 N–H and O–H groups in total. The molecule has 0 aromatic rings. The van der Waals surface area contributed by atoms with Crippen LogP contribution in [0.5, 0.6) is 0 Å². The van der Waals surface area contributed by atoms with Crippen LogP contribution in [0.25, 0.3) is 0 Å². The second kappa shape index (κ2) is 14.4. The highest BCUT2D eigenvalue weighted by Gasteiger charge is 2.42. The topological polar surface area (TPSA) is 101 Å². The fraction of sp³-hybridized carbons (Fsp3) is 0.917. The zero-order valence-electron chi connectivity index (χ0n) is 20.6. The summed E-state index contributed by atoms with van der Waals surface area (Å²) in [5.41, 5.74) is 0. The number of hydrogen-bond donors (Lipinski definition) is 1. The van der Waals surface area contributed by atoms with Crippen LogP contribution in [0.3, 0.4) is 0 Å². The Balaban J connectivity index is 0. The lowest BCUT2D eigenvalue weighted by molar-refractivity contribution is -0.169. The van der Waals surface area contributed by atoms with Gasteiger partial charge in [-0.05, 0) is 32.0 Å². The second-order valence-corrected chi connectivity index (χ2v) is 14.7. The molecule has 2 aliphatic heterocycles. The minimum atomic E-state index is -1.85. The normalized spacial score (nSPS) is 27.5. The van der Waals surface area contributed by atoms with Crippen LogP contribution >= 0.6 is 0 Å². The summed E-state index contributed by atoms with van der Waals surface area (Å²) in [6, 6.07) is 0. The predicted molar refractivity (Wildman–Crippen MR) is 133 cm³/mol. The van der Waals surface area contributed by atoms with Gasteiger partial charge in [-0.15, -0.1) is 0 Å². The number of hydrogen-bond acceptors (Lipinski definition) is 8. The van der Waals surface area contributed by atoms with Gasteiger partial charge in [-0.2, -0.15) is 0 Å². The van der Waals surface area contributed by atoms with Gasteiger partial charge in [-0.25, -0.2) is 0 Å². The van der Waals surface area contributed by atoms with Crippen molar-refractivity contribution >= 4 is 20.3 Å². The van der Waals surface area contributed by atoms with Crippen LogP contribution < -0.4 is 0 Å². The van der Waals surface area contributed by atoms with E-state index in [0.717, 1.165) is 6.42 Å². The molecule has 6 atom stereocenters. The Morgan fingerprint density at radius 1 is 0.909 bits per heavy atom. The van der Waals surface area contributed by atoms with Crippen LogP contribution in [0.15, 0.2) is 0 Å². The number of carbonyl (C=O) groups excluding carboxylic acids is 2. The number of rotatable bonds is 6. The van der Waals surface area contributed by atoms with Crippen LogP contribution in [-0.4, -0.2) is 76.2 Å². The minimum Gasteiger partial charge on any atom is -0.459 e. The number of cyclic esters (lactones) is 2. The summed E-state index contributed by atoms with van der Waals surface area (Å²) in [6.45, 7) is 14.8. The van der Waals surface area contributed by atoms with E-state index < -0.39 is 14.4 Å². The van der Waals surface area contributed by atoms with E-state index in [1.807, 2.05) is 13.8 Å². The Morgan fingerprint density at radius 2 is 1.33 bits per heavy atom. The van der Waals surface area contributed by atoms with Crippen molar-refractivity contribution in [3.05, 3.63) is 0 Å². The molecule has 0 aromatic carbocycles. The van der Waals surface area contributed by atoms with E-state index in [9.17, 15) is 14.7 Å². The highest BCUT2D eigenvalue weighted by atomic mass is 28.4. The van der Waals surface area contributed by atoms with Crippen molar-refractivity contribution in [3.8, 4) is 0 Å². The molecule has 0 radical (unpaired) electrons. The lowest BCUT2D eigenvalue weighted by Crippen LogP contribution is -2.48. The molecule has 2 heterocycles. The largest absolute Gasteiger partial charge is 0.459 e. The van der Waals surface area contributed by atoms with Gasteiger partial charge in [0.25, 0.3) is 0 Å². The Bertz CT molecular complexity index is 590. The molecular weight excluding hydrogens is 444 g/mol. The zero-order chi connectivity index (χ0) is 24.0. The Hall–Kier alpha value is -1.00. The quantitative estimate of drug-likeness (QED) is 0.426. The first kappa shape index (κ1) is 34.2. The minimum absolute atomic E-state index is 0. The number of aliphatic hydroxyl groups excluding tert-OH is 1. The Labute approximate surface area is 202 Å². The molecule has 2 unspecified atom stereocenters. The number of aliphatic hydroxyl groups is 1. The van der Waals surface area contributed by atoms with E-state index >= 15 is 0 Å². The molecule has 0 aromatic heterocycles. The molecular formula is C24H50O8Si. The van der Waals surface area contributed by atoms with E-state index in [4.69, 9.17) is 23.4 Å². The molecule has 198 valence electrons. The van der Waals surface area contributed by atoms with Crippen molar-refractivity contribution < 1.29 is 38.1 Å². The van der Waals surface area contributed by atoms with E-state index in [-0.39, 0.29) is 68.8 Å². The maximum atomic E-state index is 11.7. The maximum absolute atomic E-state index is 11.7. The fourth-order valence-electron chi connectivity index (χ4n) is 3.16. The molecule has 0 saturated carbocycles. The molecule has 2 rings (SSSR count). The van der Waals surface area contributed by atoms with Crippen LogP contribution in [0.1, 0.15) is 75.2 Å². The van der Waals surface area contributed by atoms with Crippen molar-refractivity contribution in [2.45, 2.75) is 130 Å². The van der Waals surface area contributed by atoms with Crippen molar-refractivity contribution in [2.75, 3.05) is 14.2 Å². The van der Waals surface area contributed by atoms with Gasteiger partial charge in [0.05, 0.1) is 37.3 Å². The van der Waals surface area contributed by atoms with Gasteiger partial charge >= 0.3 is 11.9 Å². The number of esters is 2. The summed E-state index contributed by atoms with van der Waals surface area (Å²) in [5.74, 6) is -0.522. The second-order valence-electron chi connectivity index (χ2n) is 9.97. The lowest BCUT2D eigenvalue weighted by Gasteiger charge is -2.41. The van der Waals surface area contributed by atoms with Gasteiger partial charge < -0.3 is 28.5 Å². The van der Waals surface area contributed by atoms with E-state index in [0.29, 0.717) is 12.8 Å². The molecule has 8 nitrogen and oxygen atoms in total. The molecule has 2 aliphatic rings. The average molecular weight is 495 g/mol. The van der Waals surface area contributed by atoms with Gasteiger partial charge in [-0.3, -0.25) is 9.59 Å². The highest BCUT2D eigenvalue weighted by molar-refractivity contribution is 6.74. The number of ether oxygens (including phenoxy) is 4. The van der Waals surface area contributed by atoms with Crippen molar-refractivity contribution in [2.24, 2.45) is 0 Å². The Morgan fingerprint density at radius 3 is 1.73 bits per heavy atom. The summed E-state index contributed by atoms with van der Waals surface area (Å²) in [4.78, 5) is 22.6. The molecule has 0 bridgehead atoms. The van der Waals surface area contributed by atoms with E-state index in [1.54, 1.807) is 14.2 Å². The molecule has 33 heavy (non-hydrogen) atoms. The first-order valence-corrected chi connectivity index (χ1v) is 13.9. The number of carbonyl (C=O) groups is 2. The molecule has 0 aliphatic carbocycles. The highest BCUT2D eigenvalue weighted by Crippen LogP contribution is 2.39. The summed E-state index contributed by atoms with van der Waals surface area (Å²) < 4.78 is 26.9. The Kier molecular flexibility index (Phi) is 14.9. The summed E-state index contributed by atoms with van der Waals surface area (Å²) >= 11 is 0. The zero-order valence-corrected chi connectivity index (χ0v) is 21.6. The van der Waals surface area contributed by atoms with Gasteiger partial charge in [0.1, 0.15) is 12.2 Å². The van der Waals surface area contributed by atoms with Gasteiger partial charge in [0.15, 0.2) is 8.32 Å². The first-order chi connectivity index (χ1) is 14.2. The summed E-state index contributed by atoms with van der Waals surface area (Å²) in [6.07, 6.45) is 0.324. The van der Waals surface area contributed by atoms with E-state index in [1.165, 1.54) is 0 Å². The summed E-state index contributed by atoms with van der Waals surface area (Å²) in [7, 11) is 1.35. The fourth-order valence-corrected chi connectivity index (χ4v) is 4.53. The molecule has 2 fully saturated rings. The first-order valence-electron chi connectivity index (χ1n) is 11.0. The molecule has 2 saturated heterocycles.